The molecule has 1 saturated heterocycles. The largest absolute Gasteiger partial charge is 0.341 e. The Labute approximate surface area is 117 Å². The van der Waals surface area contributed by atoms with Crippen LogP contribution in [0, 0.1) is 5.82 Å². The van der Waals surface area contributed by atoms with Crippen LogP contribution in [-0.4, -0.2) is 16.5 Å². The molecule has 0 saturated carbocycles. The molecule has 1 aromatic carbocycles. The molecule has 2 aromatic rings. The van der Waals surface area contributed by atoms with Crippen molar-refractivity contribution in [2.75, 3.05) is 6.54 Å². The van der Waals surface area contributed by atoms with E-state index in [2.05, 4.69) is 15.3 Å². The molecule has 18 heavy (non-hydrogen) atoms. The minimum absolute atomic E-state index is 0. The summed E-state index contributed by atoms with van der Waals surface area (Å²) in [5.41, 5.74) is 1.62. The summed E-state index contributed by atoms with van der Waals surface area (Å²) in [5, 5.41) is 3.42. The summed E-state index contributed by atoms with van der Waals surface area (Å²) in [6.07, 6.45) is 3.55. The summed E-state index contributed by atoms with van der Waals surface area (Å²) in [6, 6.07) is 4.95. The Morgan fingerprint density at radius 1 is 1.22 bits per heavy atom. The van der Waals surface area contributed by atoms with E-state index in [4.69, 9.17) is 0 Å². The number of rotatable bonds is 1. The van der Waals surface area contributed by atoms with Crippen molar-refractivity contribution in [1.82, 2.24) is 15.3 Å². The van der Waals surface area contributed by atoms with Crippen molar-refractivity contribution in [1.29, 1.82) is 0 Å². The van der Waals surface area contributed by atoms with E-state index >= 15 is 0 Å². The molecule has 0 amide bonds. The first kappa shape index (κ1) is 15.2. The number of aromatic nitrogens is 2. The number of piperidine rings is 1. The van der Waals surface area contributed by atoms with E-state index in [0.717, 1.165) is 29.8 Å². The van der Waals surface area contributed by atoms with Gasteiger partial charge in [0, 0.05) is 0 Å². The minimum atomic E-state index is -0.223. The van der Waals surface area contributed by atoms with Gasteiger partial charge in [0.25, 0.3) is 0 Å². The number of halogens is 3. The summed E-state index contributed by atoms with van der Waals surface area (Å²) in [6.45, 7) is 1.04. The van der Waals surface area contributed by atoms with E-state index in [1.165, 1.54) is 25.0 Å². The smallest absolute Gasteiger partial charge is 0.125 e. The summed E-state index contributed by atoms with van der Waals surface area (Å²) in [4.78, 5) is 7.69. The first-order chi connectivity index (χ1) is 7.83. The number of aromatic amines is 1. The maximum atomic E-state index is 13.0. The highest BCUT2D eigenvalue weighted by molar-refractivity contribution is 5.85. The highest BCUT2D eigenvalue weighted by atomic mass is 35.5. The monoisotopic (exact) mass is 291 g/mol. The molecule has 3 rings (SSSR count). The molecule has 0 bridgehead atoms. The number of H-pyrrole nitrogens is 1. The maximum Gasteiger partial charge on any atom is 0.125 e. The number of nitrogens with one attached hydrogen (secondary N) is 2. The van der Waals surface area contributed by atoms with Gasteiger partial charge >= 0.3 is 0 Å². The van der Waals surface area contributed by atoms with Crippen molar-refractivity contribution < 1.29 is 4.39 Å². The molecule has 100 valence electrons. The van der Waals surface area contributed by atoms with Crippen molar-refractivity contribution in [3.8, 4) is 0 Å². The summed E-state index contributed by atoms with van der Waals surface area (Å²) in [7, 11) is 0. The maximum absolute atomic E-state index is 13.0. The number of hydrogen-bond acceptors (Lipinski definition) is 2. The van der Waals surface area contributed by atoms with E-state index in [9.17, 15) is 4.39 Å². The second kappa shape index (κ2) is 6.36. The highest BCUT2D eigenvalue weighted by Gasteiger charge is 2.17. The Kier molecular flexibility index (Phi) is 5.38. The van der Waals surface area contributed by atoms with Crippen molar-refractivity contribution in [3.63, 3.8) is 0 Å². The van der Waals surface area contributed by atoms with Crippen LogP contribution in [0.4, 0.5) is 4.39 Å². The van der Waals surface area contributed by atoms with E-state index in [0.29, 0.717) is 6.04 Å². The summed E-state index contributed by atoms with van der Waals surface area (Å²) >= 11 is 0. The zero-order valence-electron chi connectivity index (χ0n) is 9.78. The topological polar surface area (TPSA) is 40.7 Å². The van der Waals surface area contributed by atoms with E-state index in [-0.39, 0.29) is 30.6 Å². The number of fused-ring (bicyclic) bond motifs is 1. The molecule has 2 heterocycles. The van der Waals surface area contributed by atoms with Crippen LogP contribution in [0.1, 0.15) is 31.1 Å². The van der Waals surface area contributed by atoms with Crippen LogP contribution >= 0.6 is 24.8 Å². The predicted octanol–water partition coefficient (Wildman–Crippen LogP) is 3.36. The Morgan fingerprint density at radius 2 is 2.06 bits per heavy atom. The number of hydrogen-bond donors (Lipinski definition) is 2. The van der Waals surface area contributed by atoms with Gasteiger partial charge in [-0.15, -0.1) is 24.8 Å². The molecule has 2 N–H and O–H groups in total. The molecule has 3 nitrogen and oxygen atoms in total. The van der Waals surface area contributed by atoms with Crippen molar-refractivity contribution in [2.24, 2.45) is 0 Å². The van der Waals surface area contributed by atoms with E-state index in [1.54, 1.807) is 6.07 Å². The number of nitrogens with zero attached hydrogens (tertiary/aromatic N) is 1. The van der Waals surface area contributed by atoms with Gasteiger partial charge in [-0.2, -0.15) is 0 Å². The van der Waals surface area contributed by atoms with Crippen molar-refractivity contribution >= 4 is 35.8 Å². The van der Waals surface area contributed by atoms with Crippen LogP contribution < -0.4 is 5.32 Å². The Bertz CT molecular complexity index is 509. The fourth-order valence-electron chi connectivity index (χ4n) is 2.25. The van der Waals surface area contributed by atoms with Crippen LogP contribution in [0.5, 0.6) is 0 Å². The number of imidazole rings is 1. The second-order valence-electron chi connectivity index (χ2n) is 4.29. The number of benzene rings is 1. The van der Waals surface area contributed by atoms with Crippen LogP contribution in [0.15, 0.2) is 18.2 Å². The van der Waals surface area contributed by atoms with Gasteiger partial charge in [0.2, 0.25) is 0 Å². The molecule has 0 radical (unpaired) electrons. The molecular weight excluding hydrogens is 276 g/mol. The third-order valence-electron chi connectivity index (χ3n) is 3.10. The van der Waals surface area contributed by atoms with Gasteiger partial charge in [-0.3, -0.25) is 0 Å². The lowest BCUT2D eigenvalue weighted by Crippen LogP contribution is -2.27. The van der Waals surface area contributed by atoms with Gasteiger partial charge in [-0.25, -0.2) is 9.37 Å². The van der Waals surface area contributed by atoms with Crippen molar-refractivity contribution in [2.45, 2.75) is 25.3 Å². The first-order valence-corrected chi connectivity index (χ1v) is 5.71. The molecule has 1 fully saturated rings. The normalized spacial score (nSPS) is 19.1. The van der Waals surface area contributed by atoms with Crippen LogP contribution in [0.25, 0.3) is 11.0 Å². The fourth-order valence-corrected chi connectivity index (χ4v) is 2.25. The highest BCUT2D eigenvalue weighted by Crippen LogP contribution is 2.23. The molecular formula is C12H16Cl2FN3. The molecule has 1 unspecified atom stereocenters. The molecule has 0 spiro atoms. The SMILES string of the molecule is Cl.Cl.Fc1ccc2nc(C3CCCCN3)[nH]c2c1. The zero-order valence-corrected chi connectivity index (χ0v) is 11.4. The summed E-state index contributed by atoms with van der Waals surface area (Å²) < 4.78 is 13.0. The van der Waals surface area contributed by atoms with Gasteiger partial charge in [0.15, 0.2) is 0 Å². The van der Waals surface area contributed by atoms with Gasteiger partial charge < -0.3 is 10.3 Å². The fraction of sp³-hybridized carbons (Fsp3) is 0.417. The van der Waals surface area contributed by atoms with E-state index < -0.39 is 0 Å². The average molecular weight is 292 g/mol. The predicted molar refractivity (Wildman–Crippen MR) is 75.1 cm³/mol. The Balaban J connectivity index is 0.000000810. The van der Waals surface area contributed by atoms with Gasteiger partial charge in [0.1, 0.15) is 11.6 Å². The van der Waals surface area contributed by atoms with Crippen molar-refractivity contribution in [3.05, 3.63) is 29.8 Å². The molecule has 1 aromatic heterocycles. The van der Waals surface area contributed by atoms with Crippen LogP contribution in [0.3, 0.4) is 0 Å². The molecule has 1 aliphatic rings. The first-order valence-electron chi connectivity index (χ1n) is 5.71. The lowest BCUT2D eigenvalue weighted by molar-refractivity contribution is 0.400. The molecule has 6 heteroatoms. The Morgan fingerprint density at radius 3 is 2.78 bits per heavy atom. The quantitative estimate of drug-likeness (QED) is 0.846. The zero-order chi connectivity index (χ0) is 11.0. The third kappa shape index (κ3) is 2.94. The molecule has 0 aliphatic carbocycles. The van der Waals surface area contributed by atoms with Gasteiger partial charge in [-0.05, 0) is 37.6 Å². The van der Waals surface area contributed by atoms with E-state index in [1.807, 2.05) is 0 Å². The summed E-state index contributed by atoms with van der Waals surface area (Å²) in [5.74, 6) is 0.708. The lowest BCUT2D eigenvalue weighted by Gasteiger charge is -2.21. The van der Waals surface area contributed by atoms with Crippen LogP contribution in [0.2, 0.25) is 0 Å². The third-order valence-corrected chi connectivity index (χ3v) is 3.10. The van der Waals surface area contributed by atoms with Crippen LogP contribution in [-0.2, 0) is 0 Å². The second-order valence-corrected chi connectivity index (χ2v) is 4.29. The standard InChI is InChI=1S/C12H14FN3.2ClH/c13-8-4-5-9-11(7-8)16-12(15-9)10-3-1-2-6-14-10;;/h4-5,7,10,14H,1-3,6H2,(H,15,16);2*1H. The average Bonchev–Trinajstić information content (AvgIpc) is 2.73. The molecule has 1 atom stereocenters. The lowest BCUT2D eigenvalue weighted by atomic mass is 10.0. The minimum Gasteiger partial charge on any atom is -0.341 e. The van der Waals surface area contributed by atoms with Gasteiger partial charge in [0.05, 0.1) is 17.1 Å². The van der Waals surface area contributed by atoms with Gasteiger partial charge in [-0.1, -0.05) is 6.42 Å². The molecule has 1 aliphatic heterocycles. The Hall–Kier alpha value is -0.840.